The Kier molecular flexibility index (Phi) is 5.31. The topological polar surface area (TPSA) is 41.8 Å². The molecule has 0 fully saturated rings. The first kappa shape index (κ1) is 19.5. The second-order valence-electron chi connectivity index (χ2n) is 7.02. The number of carbonyl (C=O) groups excluding carboxylic acids is 1. The maximum absolute atomic E-state index is 12.2. The van der Waals surface area contributed by atoms with Gasteiger partial charge in [-0.15, -0.1) is 16.5 Å². The maximum Gasteiger partial charge on any atom is 0.184 e. The summed E-state index contributed by atoms with van der Waals surface area (Å²) < 4.78 is 1.20. The van der Waals surface area contributed by atoms with Gasteiger partial charge in [0, 0.05) is 15.3 Å². The summed E-state index contributed by atoms with van der Waals surface area (Å²) in [6, 6.07) is 15.6. The Morgan fingerprint density at radius 1 is 0.931 bits per heavy atom. The number of allylic oxidation sites excluding steroid dienone is 5. The molecule has 0 N–H and O–H groups in total. The molecule has 4 rings (SSSR count). The van der Waals surface area contributed by atoms with Crippen LogP contribution in [-0.2, 0) is 4.79 Å². The molecule has 1 aromatic heterocycles. The van der Waals surface area contributed by atoms with Crippen molar-refractivity contribution in [2.45, 2.75) is 20.8 Å². The first-order valence-electron chi connectivity index (χ1n) is 9.25. The first-order valence-corrected chi connectivity index (χ1v) is 10.4. The molecule has 3 aromatic rings. The van der Waals surface area contributed by atoms with Crippen molar-refractivity contribution < 1.29 is 4.79 Å². The fraction of sp³-hybridized carbons (Fsp3) is 0.125. The minimum absolute atomic E-state index is 0.0656. The van der Waals surface area contributed by atoms with Crippen LogP contribution in [0.5, 0.6) is 0 Å². The summed E-state index contributed by atoms with van der Waals surface area (Å²) >= 11 is 7.67. The van der Waals surface area contributed by atoms with Gasteiger partial charge in [-0.25, -0.2) is 0 Å². The van der Waals surface area contributed by atoms with E-state index >= 15 is 0 Å². The lowest BCUT2D eigenvalue weighted by Gasteiger charge is -2.12. The van der Waals surface area contributed by atoms with Gasteiger partial charge < -0.3 is 0 Å². The Bertz CT molecular complexity index is 1220. The van der Waals surface area contributed by atoms with Crippen LogP contribution in [0.2, 0.25) is 5.02 Å². The Morgan fingerprint density at radius 3 is 2.24 bits per heavy atom. The van der Waals surface area contributed by atoms with Gasteiger partial charge in [0.1, 0.15) is 5.70 Å². The number of fused-ring (bicyclic) bond motifs is 1. The molecule has 0 unspecified atom stereocenters. The average Bonchev–Trinajstić information content (AvgIpc) is 3.04. The molecule has 5 heteroatoms. The van der Waals surface area contributed by atoms with Gasteiger partial charge in [-0.1, -0.05) is 29.8 Å². The molecule has 0 bridgehead atoms. The highest BCUT2D eigenvalue weighted by Gasteiger charge is 2.19. The van der Waals surface area contributed by atoms with Crippen LogP contribution < -0.4 is 0 Å². The van der Waals surface area contributed by atoms with Crippen molar-refractivity contribution >= 4 is 50.2 Å². The van der Waals surface area contributed by atoms with Crippen LogP contribution in [0.4, 0.5) is 5.69 Å². The maximum atomic E-state index is 12.2. The Balaban J connectivity index is 1.92. The molecule has 29 heavy (non-hydrogen) atoms. The molecule has 3 nitrogen and oxygen atoms in total. The molecule has 144 valence electrons. The number of Topliss-reactive ketones (excluding diaryl/α,β-unsaturated/α-hetero) is 1. The molecular formula is C24H19ClN2OS. The van der Waals surface area contributed by atoms with Crippen LogP contribution in [0.3, 0.4) is 0 Å². The molecular weight excluding hydrogens is 400 g/mol. The predicted octanol–water partition coefficient (Wildman–Crippen LogP) is 7.83. The number of hydrogen-bond acceptors (Lipinski definition) is 4. The number of azo groups is 1. The van der Waals surface area contributed by atoms with Crippen molar-refractivity contribution in [2.24, 2.45) is 10.2 Å². The number of rotatable bonds is 3. The van der Waals surface area contributed by atoms with E-state index in [0.717, 1.165) is 27.4 Å². The summed E-state index contributed by atoms with van der Waals surface area (Å²) in [5.41, 5.74) is 4.96. The largest absolute Gasteiger partial charge is 0.289 e. The SMILES string of the molecule is CC1=CC(=C(N=Nc2ccc(Cl)cc2)c2sc3ccccc3c2C)C=C(C)C1=O. The van der Waals surface area contributed by atoms with Crippen molar-refractivity contribution in [1.82, 2.24) is 0 Å². The summed E-state index contributed by atoms with van der Waals surface area (Å²) in [5.74, 6) is 0.0656. The van der Waals surface area contributed by atoms with Crippen LogP contribution in [0.1, 0.15) is 24.3 Å². The van der Waals surface area contributed by atoms with Gasteiger partial charge in [-0.05, 0) is 85.4 Å². The van der Waals surface area contributed by atoms with Gasteiger partial charge in [-0.3, -0.25) is 4.79 Å². The van der Waals surface area contributed by atoms with Crippen molar-refractivity contribution in [3.05, 3.63) is 92.9 Å². The second-order valence-corrected chi connectivity index (χ2v) is 8.51. The van der Waals surface area contributed by atoms with Crippen LogP contribution in [0.25, 0.3) is 15.8 Å². The summed E-state index contributed by atoms with van der Waals surface area (Å²) in [4.78, 5) is 13.3. The Hall–Kier alpha value is -2.82. The van der Waals surface area contributed by atoms with E-state index in [1.54, 1.807) is 23.5 Å². The number of carbonyl (C=O) groups is 1. The minimum atomic E-state index is 0.0656. The van der Waals surface area contributed by atoms with Crippen molar-refractivity contribution in [1.29, 1.82) is 0 Å². The minimum Gasteiger partial charge on any atom is -0.289 e. The highest BCUT2D eigenvalue weighted by atomic mass is 35.5. The highest BCUT2D eigenvalue weighted by Crippen LogP contribution is 2.39. The van der Waals surface area contributed by atoms with Gasteiger partial charge in [0.25, 0.3) is 0 Å². The van der Waals surface area contributed by atoms with E-state index in [1.807, 2.05) is 50.3 Å². The normalized spacial score (nSPS) is 14.5. The molecule has 1 aliphatic carbocycles. The fourth-order valence-corrected chi connectivity index (χ4v) is 4.68. The van der Waals surface area contributed by atoms with E-state index in [0.29, 0.717) is 16.2 Å². The smallest absolute Gasteiger partial charge is 0.184 e. The lowest BCUT2D eigenvalue weighted by molar-refractivity contribution is -0.112. The molecule has 0 amide bonds. The average molecular weight is 419 g/mol. The molecule has 0 spiro atoms. The quantitative estimate of drug-likeness (QED) is 0.399. The number of nitrogens with zero attached hydrogens (tertiary/aromatic N) is 2. The number of halogens is 1. The lowest BCUT2D eigenvalue weighted by atomic mass is 9.94. The number of benzene rings is 2. The van der Waals surface area contributed by atoms with Gasteiger partial charge in [-0.2, -0.15) is 5.11 Å². The van der Waals surface area contributed by atoms with Gasteiger partial charge in [0.05, 0.1) is 10.6 Å². The van der Waals surface area contributed by atoms with E-state index in [9.17, 15) is 4.79 Å². The zero-order chi connectivity index (χ0) is 20.5. The molecule has 0 saturated heterocycles. The van der Waals surface area contributed by atoms with Crippen molar-refractivity contribution in [3.63, 3.8) is 0 Å². The summed E-state index contributed by atoms with van der Waals surface area (Å²) in [6.45, 7) is 5.78. The predicted molar refractivity (Wildman–Crippen MR) is 122 cm³/mol. The fourth-order valence-electron chi connectivity index (χ4n) is 3.34. The Morgan fingerprint density at radius 2 is 1.59 bits per heavy atom. The highest BCUT2D eigenvalue weighted by molar-refractivity contribution is 7.20. The van der Waals surface area contributed by atoms with E-state index in [-0.39, 0.29) is 5.78 Å². The second kappa shape index (κ2) is 7.90. The van der Waals surface area contributed by atoms with Gasteiger partial charge >= 0.3 is 0 Å². The number of aryl methyl sites for hydroxylation is 1. The third-order valence-corrected chi connectivity index (χ3v) is 6.42. The van der Waals surface area contributed by atoms with E-state index in [2.05, 4.69) is 29.3 Å². The number of ketones is 1. The van der Waals surface area contributed by atoms with Crippen molar-refractivity contribution in [3.8, 4) is 0 Å². The summed E-state index contributed by atoms with van der Waals surface area (Å²) in [5, 5.41) is 11.0. The van der Waals surface area contributed by atoms with Crippen LogP contribution in [0.15, 0.2) is 87.6 Å². The van der Waals surface area contributed by atoms with Gasteiger partial charge in [0.15, 0.2) is 5.78 Å². The molecule has 1 aliphatic rings. The first-order chi connectivity index (χ1) is 13.9. The molecule has 2 aromatic carbocycles. The zero-order valence-electron chi connectivity index (χ0n) is 16.4. The van der Waals surface area contributed by atoms with E-state index in [1.165, 1.54) is 10.1 Å². The monoisotopic (exact) mass is 418 g/mol. The summed E-state index contributed by atoms with van der Waals surface area (Å²) in [7, 11) is 0. The third-order valence-electron chi connectivity index (χ3n) is 4.88. The number of hydrogen-bond donors (Lipinski definition) is 0. The molecule has 0 atom stereocenters. The van der Waals surface area contributed by atoms with E-state index in [4.69, 9.17) is 11.6 Å². The van der Waals surface area contributed by atoms with E-state index < -0.39 is 0 Å². The van der Waals surface area contributed by atoms with Crippen LogP contribution in [0, 0.1) is 6.92 Å². The summed E-state index contributed by atoms with van der Waals surface area (Å²) in [6.07, 6.45) is 3.80. The molecule has 0 aliphatic heterocycles. The lowest BCUT2D eigenvalue weighted by Crippen LogP contribution is -2.06. The van der Waals surface area contributed by atoms with Gasteiger partial charge in [0.2, 0.25) is 0 Å². The van der Waals surface area contributed by atoms with Crippen molar-refractivity contribution in [2.75, 3.05) is 0 Å². The molecule has 1 heterocycles. The van der Waals surface area contributed by atoms with Crippen LogP contribution in [-0.4, -0.2) is 5.78 Å². The molecule has 0 radical (unpaired) electrons. The Labute approximate surface area is 178 Å². The zero-order valence-corrected chi connectivity index (χ0v) is 17.9. The van der Waals surface area contributed by atoms with Crippen LogP contribution >= 0.6 is 22.9 Å². The standard InChI is InChI=1S/C24H19ClN2OS/c1-14-12-17(13-15(2)23(14)28)22(27-26-19-10-8-18(25)9-11-19)24-16(3)20-6-4-5-7-21(20)29-24/h4-13H,1-3H3. The number of thiophene rings is 1. The third kappa shape index (κ3) is 3.86. The molecule has 0 saturated carbocycles.